The lowest BCUT2D eigenvalue weighted by Crippen LogP contribution is -2.38. The fourth-order valence-electron chi connectivity index (χ4n) is 1.22. The van der Waals surface area contributed by atoms with Crippen LogP contribution in [0.3, 0.4) is 0 Å². The van der Waals surface area contributed by atoms with Crippen LogP contribution in [-0.2, 0) is 4.79 Å². The van der Waals surface area contributed by atoms with Gasteiger partial charge in [0.25, 0.3) is 5.91 Å². The number of rotatable bonds is 4. The van der Waals surface area contributed by atoms with Gasteiger partial charge in [0.05, 0.1) is 4.92 Å². The van der Waals surface area contributed by atoms with Crippen LogP contribution < -0.4 is 5.32 Å². The van der Waals surface area contributed by atoms with Crippen LogP contribution in [-0.4, -0.2) is 27.9 Å². The van der Waals surface area contributed by atoms with Crippen LogP contribution in [0.25, 0.3) is 0 Å². The average molecular weight is 273 g/mol. The van der Waals surface area contributed by atoms with Gasteiger partial charge in [0, 0.05) is 0 Å². The molecule has 1 amide bonds. The first-order valence-corrected chi connectivity index (χ1v) is 5.19. The van der Waals surface area contributed by atoms with E-state index in [0.717, 1.165) is 0 Å². The van der Waals surface area contributed by atoms with Crippen molar-refractivity contribution in [1.29, 1.82) is 0 Å². The summed E-state index contributed by atoms with van der Waals surface area (Å²) in [7, 11) is 0. The predicted octanol–water partition coefficient (Wildman–Crippen LogP) is 1.45. The monoisotopic (exact) mass is 272 g/mol. The zero-order chi connectivity index (χ0) is 13.9. The smallest absolute Gasteiger partial charge is 0.325 e. The highest BCUT2D eigenvalue weighted by Crippen LogP contribution is 2.28. The fraction of sp³-hybridized carbons (Fsp3) is 0.200. The number of hydrogen-bond acceptors (Lipinski definition) is 4. The maximum atomic E-state index is 11.7. The molecule has 18 heavy (non-hydrogen) atoms. The van der Waals surface area contributed by atoms with E-state index in [9.17, 15) is 19.7 Å². The predicted molar refractivity (Wildman–Crippen MR) is 62.7 cm³/mol. The van der Waals surface area contributed by atoms with Crippen LogP contribution in [0.5, 0.6) is 0 Å². The van der Waals surface area contributed by atoms with Crippen LogP contribution in [0.2, 0.25) is 5.02 Å². The summed E-state index contributed by atoms with van der Waals surface area (Å²) in [5, 5.41) is 21.4. The minimum atomic E-state index is -1.24. The second-order valence-electron chi connectivity index (χ2n) is 3.43. The largest absolute Gasteiger partial charge is 0.480 e. The Kier molecular flexibility index (Phi) is 4.22. The number of nitro groups is 1. The second kappa shape index (κ2) is 5.46. The number of nitrogens with one attached hydrogen (secondary N) is 1. The van der Waals surface area contributed by atoms with Gasteiger partial charge in [-0.25, -0.2) is 0 Å². The molecule has 0 aliphatic carbocycles. The number of carboxylic acids is 1. The van der Waals surface area contributed by atoms with Crippen LogP contribution in [0.1, 0.15) is 17.3 Å². The molecule has 96 valence electrons. The molecule has 1 aromatic carbocycles. The highest BCUT2D eigenvalue weighted by Gasteiger charge is 2.25. The number of carboxylic acid groups (broad SMARTS) is 1. The summed E-state index contributed by atoms with van der Waals surface area (Å²) < 4.78 is 0. The van der Waals surface area contributed by atoms with Crippen molar-refractivity contribution < 1.29 is 19.6 Å². The van der Waals surface area contributed by atoms with Gasteiger partial charge in [-0.15, -0.1) is 0 Å². The summed E-state index contributed by atoms with van der Waals surface area (Å²) in [5.74, 6) is -2.10. The Hall–Kier alpha value is -2.15. The number of aliphatic carboxylic acids is 1. The number of halogens is 1. The highest BCUT2D eigenvalue weighted by molar-refractivity contribution is 6.33. The van der Waals surface area contributed by atoms with Gasteiger partial charge in [-0.1, -0.05) is 17.7 Å². The zero-order valence-corrected chi connectivity index (χ0v) is 9.97. The van der Waals surface area contributed by atoms with E-state index < -0.39 is 28.5 Å². The minimum Gasteiger partial charge on any atom is -0.480 e. The Morgan fingerprint density at radius 1 is 1.50 bits per heavy atom. The number of nitro benzene ring substituents is 1. The van der Waals surface area contributed by atoms with E-state index in [-0.39, 0.29) is 10.6 Å². The standard InChI is InChI=1S/C10H9ClN2O5/c1-5(10(15)16)12-9(14)6-3-2-4-7(11)8(6)13(17)18/h2-5H,1H3,(H,12,14)(H,15,16)/t5-/m0/s1. The molecule has 0 fully saturated rings. The number of nitrogens with zero attached hydrogens (tertiary/aromatic N) is 1. The Balaban J connectivity index is 3.10. The first-order chi connectivity index (χ1) is 8.34. The van der Waals surface area contributed by atoms with Gasteiger partial charge in [0.15, 0.2) is 0 Å². The lowest BCUT2D eigenvalue weighted by atomic mass is 10.1. The third kappa shape index (κ3) is 2.95. The molecule has 8 heteroatoms. The highest BCUT2D eigenvalue weighted by atomic mass is 35.5. The van der Waals surface area contributed by atoms with Crippen molar-refractivity contribution >= 4 is 29.2 Å². The van der Waals surface area contributed by atoms with Gasteiger partial charge >= 0.3 is 11.7 Å². The van der Waals surface area contributed by atoms with Crippen molar-refractivity contribution in [3.05, 3.63) is 38.9 Å². The van der Waals surface area contributed by atoms with Gasteiger partial charge in [-0.2, -0.15) is 0 Å². The molecule has 1 rings (SSSR count). The topological polar surface area (TPSA) is 110 Å². The van der Waals surface area contributed by atoms with Crippen molar-refractivity contribution in [2.45, 2.75) is 13.0 Å². The molecule has 0 aliphatic rings. The summed E-state index contributed by atoms with van der Waals surface area (Å²) in [6, 6.07) is 2.69. The lowest BCUT2D eigenvalue weighted by molar-refractivity contribution is -0.385. The SMILES string of the molecule is C[C@H](NC(=O)c1cccc(Cl)c1[N+](=O)[O-])C(=O)O. The Labute approximate surface area is 107 Å². The molecule has 0 unspecified atom stereocenters. The Morgan fingerprint density at radius 3 is 2.61 bits per heavy atom. The van der Waals surface area contributed by atoms with E-state index in [1.807, 2.05) is 0 Å². The molecule has 0 spiro atoms. The quantitative estimate of drug-likeness (QED) is 0.637. The van der Waals surface area contributed by atoms with Crippen molar-refractivity contribution in [2.24, 2.45) is 0 Å². The van der Waals surface area contributed by atoms with Gasteiger partial charge in [-0.3, -0.25) is 19.7 Å². The summed E-state index contributed by atoms with van der Waals surface area (Å²) in [5.41, 5.74) is -0.824. The van der Waals surface area contributed by atoms with Crippen molar-refractivity contribution in [3.8, 4) is 0 Å². The normalized spacial score (nSPS) is 11.7. The molecule has 0 saturated carbocycles. The van der Waals surface area contributed by atoms with Crippen molar-refractivity contribution in [3.63, 3.8) is 0 Å². The van der Waals surface area contributed by atoms with E-state index in [1.165, 1.54) is 25.1 Å². The molecular formula is C10H9ClN2O5. The Morgan fingerprint density at radius 2 is 2.11 bits per heavy atom. The zero-order valence-electron chi connectivity index (χ0n) is 9.21. The number of para-hydroxylation sites is 1. The number of carbonyl (C=O) groups excluding carboxylic acids is 1. The molecule has 1 atom stereocenters. The molecule has 0 saturated heterocycles. The van der Waals surface area contributed by atoms with Crippen LogP contribution >= 0.6 is 11.6 Å². The number of hydrogen-bond donors (Lipinski definition) is 2. The second-order valence-corrected chi connectivity index (χ2v) is 3.83. The molecule has 0 heterocycles. The Bertz CT molecular complexity index is 517. The van der Waals surface area contributed by atoms with E-state index in [1.54, 1.807) is 0 Å². The maximum Gasteiger partial charge on any atom is 0.325 e. The van der Waals surface area contributed by atoms with E-state index in [2.05, 4.69) is 5.32 Å². The molecule has 7 nitrogen and oxygen atoms in total. The van der Waals surface area contributed by atoms with Gasteiger partial charge in [0.1, 0.15) is 16.6 Å². The van der Waals surface area contributed by atoms with E-state index in [4.69, 9.17) is 16.7 Å². The van der Waals surface area contributed by atoms with Gasteiger partial charge < -0.3 is 10.4 Å². The van der Waals surface area contributed by atoms with Crippen LogP contribution in [0, 0.1) is 10.1 Å². The molecular weight excluding hydrogens is 264 g/mol. The summed E-state index contributed by atoms with van der Waals surface area (Å²) >= 11 is 5.63. The third-order valence-corrected chi connectivity index (χ3v) is 2.44. The summed E-state index contributed by atoms with van der Waals surface area (Å²) in [6.45, 7) is 1.25. The van der Waals surface area contributed by atoms with E-state index in [0.29, 0.717) is 0 Å². The van der Waals surface area contributed by atoms with Crippen LogP contribution in [0.4, 0.5) is 5.69 Å². The first kappa shape index (κ1) is 13.9. The van der Waals surface area contributed by atoms with Crippen LogP contribution in [0.15, 0.2) is 18.2 Å². The molecule has 1 aromatic rings. The molecule has 2 N–H and O–H groups in total. The fourth-order valence-corrected chi connectivity index (χ4v) is 1.46. The first-order valence-electron chi connectivity index (χ1n) is 4.81. The van der Waals surface area contributed by atoms with E-state index >= 15 is 0 Å². The summed E-state index contributed by atoms with van der Waals surface area (Å²) in [6.07, 6.45) is 0. The molecule has 0 radical (unpaired) electrons. The third-order valence-electron chi connectivity index (χ3n) is 2.13. The number of benzene rings is 1. The lowest BCUT2D eigenvalue weighted by Gasteiger charge is -2.09. The van der Waals surface area contributed by atoms with Gasteiger partial charge in [-0.05, 0) is 19.1 Å². The molecule has 0 aliphatic heterocycles. The molecule has 0 aromatic heterocycles. The minimum absolute atomic E-state index is 0.185. The number of carbonyl (C=O) groups is 2. The van der Waals surface area contributed by atoms with Crippen molar-refractivity contribution in [1.82, 2.24) is 5.32 Å². The molecule has 0 bridgehead atoms. The maximum absolute atomic E-state index is 11.7. The average Bonchev–Trinajstić information content (AvgIpc) is 2.27. The van der Waals surface area contributed by atoms with Gasteiger partial charge in [0.2, 0.25) is 0 Å². The number of amides is 1. The van der Waals surface area contributed by atoms with Crippen molar-refractivity contribution in [2.75, 3.05) is 0 Å². The summed E-state index contributed by atoms with van der Waals surface area (Å²) in [4.78, 5) is 32.3.